The lowest BCUT2D eigenvalue weighted by Crippen LogP contribution is -2.49. The van der Waals surface area contributed by atoms with Crippen molar-refractivity contribution in [1.29, 1.82) is 0 Å². The molecule has 3 aromatic rings. The molecule has 3 heterocycles. The van der Waals surface area contributed by atoms with Crippen LogP contribution in [0.3, 0.4) is 0 Å². The van der Waals surface area contributed by atoms with Crippen LogP contribution in [0.2, 0.25) is 5.02 Å². The molecule has 1 fully saturated rings. The molecule has 2 unspecified atom stereocenters. The Morgan fingerprint density at radius 3 is 2.67 bits per heavy atom. The molecule has 1 aromatic carbocycles. The highest BCUT2D eigenvalue weighted by atomic mass is 35.5. The summed E-state index contributed by atoms with van der Waals surface area (Å²) in [6.45, 7) is 4.09. The third-order valence-corrected chi connectivity index (χ3v) is 8.91. The van der Waals surface area contributed by atoms with Crippen molar-refractivity contribution >= 4 is 39.2 Å². The lowest BCUT2D eigenvalue weighted by atomic mass is 9.89. The standard InChI is InChI=1S/C28H33ClN6O4S/c1-4-39-17-25(36)32-27(24-16-30-18-33(24)2)23-14-19-6-5-9-31-26(19)28(21-8-7-20(29)15-22(21)23)34-10-12-35(13-11-34)40(3,37)38/h5-9,14-16,18,27-28H,4,10-13,17H2,1-3H3,(H,32,36). The van der Waals surface area contributed by atoms with Crippen LogP contribution in [0.15, 0.2) is 49.1 Å². The molecule has 1 saturated heterocycles. The van der Waals surface area contributed by atoms with Gasteiger partial charge in [0.1, 0.15) is 6.61 Å². The van der Waals surface area contributed by atoms with E-state index in [0.29, 0.717) is 37.8 Å². The van der Waals surface area contributed by atoms with Gasteiger partial charge in [-0.25, -0.2) is 13.4 Å². The molecule has 10 nitrogen and oxygen atoms in total. The summed E-state index contributed by atoms with van der Waals surface area (Å²) in [5.41, 5.74) is 5.27. The summed E-state index contributed by atoms with van der Waals surface area (Å²) in [5.74, 6) is -0.248. The summed E-state index contributed by atoms with van der Waals surface area (Å²) in [7, 11) is -1.39. The number of piperazine rings is 1. The van der Waals surface area contributed by atoms with E-state index < -0.39 is 16.1 Å². The van der Waals surface area contributed by atoms with E-state index in [4.69, 9.17) is 21.3 Å². The number of benzene rings is 1. The van der Waals surface area contributed by atoms with E-state index in [1.165, 1.54) is 10.6 Å². The van der Waals surface area contributed by atoms with Crippen LogP contribution >= 0.6 is 11.6 Å². The van der Waals surface area contributed by atoms with Crippen molar-refractivity contribution in [1.82, 2.24) is 29.1 Å². The zero-order valence-electron chi connectivity index (χ0n) is 22.7. The minimum Gasteiger partial charge on any atom is -0.372 e. The SMILES string of the molecule is CCOCC(=O)NC(C1=Cc2cccnc2C(N2CCN(S(C)(=O)=O)CC2)c2ccc(Cl)cc21)c1cncn1C. The van der Waals surface area contributed by atoms with Crippen LogP contribution in [-0.4, -0.2) is 83.7 Å². The Kier molecular flexibility index (Phi) is 8.39. The number of hydrogen-bond acceptors (Lipinski definition) is 7. The number of nitrogens with one attached hydrogen (secondary N) is 1. The zero-order chi connectivity index (χ0) is 28.4. The Morgan fingerprint density at radius 1 is 1.23 bits per heavy atom. The van der Waals surface area contributed by atoms with E-state index in [1.807, 2.05) is 48.9 Å². The Hall–Kier alpha value is -3.09. The molecule has 212 valence electrons. The van der Waals surface area contributed by atoms with E-state index in [9.17, 15) is 13.2 Å². The lowest BCUT2D eigenvalue weighted by molar-refractivity contribution is -0.125. The van der Waals surface area contributed by atoms with Crippen molar-refractivity contribution in [2.45, 2.75) is 19.0 Å². The van der Waals surface area contributed by atoms with Crippen molar-refractivity contribution in [2.24, 2.45) is 7.05 Å². The first-order valence-corrected chi connectivity index (χ1v) is 15.4. The molecule has 2 atom stereocenters. The number of aromatic nitrogens is 3. The van der Waals surface area contributed by atoms with Gasteiger partial charge in [0.05, 0.1) is 42.3 Å². The maximum atomic E-state index is 13.0. The largest absolute Gasteiger partial charge is 0.372 e. The van der Waals surface area contributed by atoms with Gasteiger partial charge < -0.3 is 14.6 Å². The number of nitrogens with zero attached hydrogens (tertiary/aromatic N) is 5. The summed E-state index contributed by atoms with van der Waals surface area (Å²) in [4.78, 5) is 24.4. The van der Waals surface area contributed by atoms with Crippen LogP contribution in [-0.2, 0) is 26.6 Å². The summed E-state index contributed by atoms with van der Waals surface area (Å²) < 4.78 is 33.2. The Labute approximate surface area is 239 Å². The van der Waals surface area contributed by atoms with E-state index in [2.05, 4.69) is 21.3 Å². The number of fused-ring (bicyclic) bond motifs is 2. The summed E-state index contributed by atoms with van der Waals surface area (Å²) >= 11 is 6.59. The predicted octanol–water partition coefficient (Wildman–Crippen LogP) is 2.88. The number of carbonyl (C=O) groups excluding carboxylic acids is 1. The van der Waals surface area contributed by atoms with E-state index >= 15 is 0 Å². The topological polar surface area (TPSA) is 110 Å². The van der Waals surface area contributed by atoms with Crippen LogP contribution < -0.4 is 5.32 Å². The lowest BCUT2D eigenvalue weighted by Gasteiger charge is -2.39. The second-order valence-corrected chi connectivity index (χ2v) is 12.4. The smallest absolute Gasteiger partial charge is 0.246 e. The first-order chi connectivity index (χ1) is 19.2. The van der Waals surface area contributed by atoms with Crippen molar-refractivity contribution in [3.05, 3.63) is 82.2 Å². The minimum atomic E-state index is -3.28. The molecule has 1 aliphatic carbocycles. The van der Waals surface area contributed by atoms with Gasteiger partial charge in [-0.3, -0.25) is 14.7 Å². The molecule has 0 bridgehead atoms. The molecule has 2 aliphatic rings. The van der Waals surface area contributed by atoms with E-state index in [-0.39, 0.29) is 18.6 Å². The number of rotatable bonds is 8. The quantitative estimate of drug-likeness (QED) is 0.433. The second kappa shape index (κ2) is 11.8. The number of pyridine rings is 1. The second-order valence-electron chi connectivity index (χ2n) is 9.98. The molecule has 0 saturated carbocycles. The fourth-order valence-corrected chi connectivity index (χ4v) is 6.44. The van der Waals surface area contributed by atoms with Crippen LogP contribution in [0, 0.1) is 0 Å². The molecule has 2 aromatic heterocycles. The first-order valence-electron chi connectivity index (χ1n) is 13.2. The molecule has 0 radical (unpaired) electrons. The highest BCUT2D eigenvalue weighted by Crippen LogP contribution is 2.44. The monoisotopic (exact) mass is 584 g/mol. The normalized spacial score (nSPS) is 18.8. The number of carbonyl (C=O) groups is 1. The number of aryl methyl sites for hydroxylation is 1. The number of sulfonamides is 1. The van der Waals surface area contributed by atoms with Gasteiger partial charge in [-0.15, -0.1) is 0 Å². The minimum absolute atomic E-state index is 0.0636. The number of halogens is 1. The van der Waals surface area contributed by atoms with Crippen LogP contribution in [0.4, 0.5) is 0 Å². The van der Waals surface area contributed by atoms with Crippen LogP contribution in [0.1, 0.15) is 47.1 Å². The molecule has 5 rings (SSSR count). The van der Waals surface area contributed by atoms with Crippen molar-refractivity contribution in [3.63, 3.8) is 0 Å². The Morgan fingerprint density at radius 2 is 2.00 bits per heavy atom. The molecule has 1 amide bonds. The number of hydrogen-bond donors (Lipinski definition) is 1. The van der Waals surface area contributed by atoms with Crippen molar-refractivity contribution in [3.8, 4) is 0 Å². The number of ether oxygens (including phenoxy) is 1. The Bertz CT molecular complexity index is 1530. The van der Waals surface area contributed by atoms with Gasteiger partial charge in [0, 0.05) is 51.1 Å². The van der Waals surface area contributed by atoms with Gasteiger partial charge in [0.15, 0.2) is 0 Å². The van der Waals surface area contributed by atoms with Gasteiger partial charge >= 0.3 is 0 Å². The molecule has 0 spiro atoms. The van der Waals surface area contributed by atoms with Crippen LogP contribution in [0.25, 0.3) is 11.6 Å². The molecular weight excluding hydrogens is 552 g/mol. The third kappa shape index (κ3) is 5.84. The highest BCUT2D eigenvalue weighted by molar-refractivity contribution is 7.88. The predicted molar refractivity (Wildman–Crippen MR) is 154 cm³/mol. The molecular formula is C28H33ClN6O4S. The highest BCUT2D eigenvalue weighted by Gasteiger charge is 2.36. The van der Waals surface area contributed by atoms with Crippen LogP contribution in [0.5, 0.6) is 0 Å². The summed E-state index contributed by atoms with van der Waals surface area (Å²) in [5, 5.41) is 3.72. The van der Waals surface area contributed by atoms with Gasteiger partial charge in [0.2, 0.25) is 15.9 Å². The van der Waals surface area contributed by atoms with Crippen molar-refractivity contribution < 1.29 is 17.9 Å². The molecule has 40 heavy (non-hydrogen) atoms. The maximum Gasteiger partial charge on any atom is 0.246 e. The summed E-state index contributed by atoms with van der Waals surface area (Å²) in [6.07, 6.45) is 8.52. The van der Waals surface area contributed by atoms with Gasteiger partial charge in [-0.05, 0) is 53.5 Å². The zero-order valence-corrected chi connectivity index (χ0v) is 24.3. The fraction of sp³-hybridized carbons (Fsp3) is 0.393. The van der Waals surface area contributed by atoms with Crippen molar-refractivity contribution in [2.75, 3.05) is 45.6 Å². The number of imidazole rings is 1. The Balaban J connectivity index is 1.64. The third-order valence-electron chi connectivity index (χ3n) is 7.37. The summed E-state index contributed by atoms with van der Waals surface area (Å²) in [6, 6.07) is 8.90. The average molecular weight is 585 g/mol. The molecule has 12 heteroatoms. The molecule has 1 N–H and O–H groups in total. The molecule has 1 aliphatic heterocycles. The average Bonchev–Trinajstić information content (AvgIpc) is 3.30. The first kappa shape index (κ1) is 28.4. The maximum absolute atomic E-state index is 13.0. The fourth-order valence-electron chi connectivity index (χ4n) is 5.45. The van der Waals surface area contributed by atoms with Gasteiger partial charge in [0.25, 0.3) is 0 Å². The van der Waals surface area contributed by atoms with E-state index in [0.717, 1.165) is 33.7 Å². The van der Waals surface area contributed by atoms with Gasteiger partial charge in [-0.1, -0.05) is 23.7 Å². The van der Waals surface area contributed by atoms with Gasteiger partial charge in [-0.2, -0.15) is 4.31 Å². The van der Waals surface area contributed by atoms with E-state index in [1.54, 1.807) is 18.7 Å². The number of amides is 1.